The smallest absolute Gasteiger partial charge is 0.196 e. The van der Waals surface area contributed by atoms with Gasteiger partial charge < -0.3 is 15.6 Å². The fourth-order valence-corrected chi connectivity index (χ4v) is 2.13. The van der Waals surface area contributed by atoms with E-state index < -0.39 is 0 Å². The molecule has 90 valence electrons. The summed E-state index contributed by atoms with van der Waals surface area (Å²) in [6.45, 7) is 0.0460. The van der Waals surface area contributed by atoms with Crippen LogP contribution in [0, 0.1) is 0 Å². The van der Waals surface area contributed by atoms with E-state index in [0.717, 1.165) is 18.5 Å². The van der Waals surface area contributed by atoms with Crippen LogP contribution in [0.1, 0.15) is 24.6 Å². The minimum absolute atomic E-state index is 0.0460. The quantitative estimate of drug-likeness (QED) is 0.755. The van der Waals surface area contributed by atoms with Gasteiger partial charge in [0.15, 0.2) is 11.5 Å². The van der Waals surface area contributed by atoms with Gasteiger partial charge in [-0.2, -0.15) is 5.10 Å². The molecule has 0 amide bonds. The normalized spacial score (nSPS) is 24.5. The van der Waals surface area contributed by atoms with Crippen molar-refractivity contribution < 1.29 is 9.84 Å². The molecule has 1 unspecified atom stereocenters. The summed E-state index contributed by atoms with van der Waals surface area (Å²) in [6, 6.07) is 0. The molecule has 1 saturated heterocycles. The molecule has 0 spiro atoms. The van der Waals surface area contributed by atoms with Crippen LogP contribution in [0.3, 0.4) is 0 Å². The number of rotatable bonds is 2. The van der Waals surface area contributed by atoms with Crippen molar-refractivity contribution in [2.24, 2.45) is 0 Å². The van der Waals surface area contributed by atoms with E-state index in [9.17, 15) is 0 Å². The summed E-state index contributed by atoms with van der Waals surface area (Å²) in [7, 11) is 0. The largest absolute Gasteiger partial charge is 0.394 e. The lowest BCUT2D eigenvalue weighted by molar-refractivity contribution is 0.00851. The summed E-state index contributed by atoms with van der Waals surface area (Å²) in [5, 5.41) is 13.2. The molecule has 1 aliphatic rings. The van der Waals surface area contributed by atoms with E-state index in [1.54, 1.807) is 10.7 Å². The Morgan fingerprint density at radius 3 is 3.12 bits per heavy atom. The standard InChI is InChI=1S/C10H13N5O2/c11-9-10-12-3-7(15(10)14-5-13-9)8-2-1-6(4-16)17-8/h3,5-6,8,16H,1-2,4H2,(H2,11,13,14)/t6?,8-/m1/s1. The molecule has 3 heterocycles. The average Bonchev–Trinajstić information content (AvgIpc) is 2.94. The third-order valence-electron chi connectivity index (χ3n) is 3.00. The zero-order valence-electron chi connectivity index (χ0n) is 9.15. The summed E-state index contributed by atoms with van der Waals surface area (Å²) in [5.74, 6) is 0.350. The third kappa shape index (κ3) is 1.63. The predicted octanol–water partition coefficient (Wildman–Crippen LogP) is -0.0811. The van der Waals surface area contributed by atoms with Crippen molar-refractivity contribution in [3.63, 3.8) is 0 Å². The lowest BCUT2D eigenvalue weighted by Crippen LogP contribution is -2.12. The molecule has 3 N–H and O–H groups in total. The van der Waals surface area contributed by atoms with Crippen molar-refractivity contribution in [2.45, 2.75) is 25.0 Å². The molecule has 7 heteroatoms. The number of aliphatic hydroxyl groups excluding tert-OH is 1. The number of aromatic nitrogens is 4. The first-order valence-electron chi connectivity index (χ1n) is 5.50. The number of ether oxygens (including phenoxy) is 1. The lowest BCUT2D eigenvalue weighted by Gasteiger charge is -2.10. The SMILES string of the molecule is Nc1ncnn2c([C@H]3CCC(CO)O3)cnc12. The van der Waals surface area contributed by atoms with Crippen molar-refractivity contribution in [3.8, 4) is 0 Å². The molecular weight excluding hydrogens is 222 g/mol. The molecule has 0 saturated carbocycles. The molecule has 2 aromatic heterocycles. The summed E-state index contributed by atoms with van der Waals surface area (Å²) in [6.07, 6.45) is 4.61. The molecule has 0 radical (unpaired) electrons. The molecule has 17 heavy (non-hydrogen) atoms. The zero-order chi connectivity index (χ0) is 11.8. The first-order chi connectivity index (χ1) is 8.29. The Kier molecular flexibility index (Phi) is 2.41. The second-order valence-electron chi connectivity index (χ2n) is 4.07. The molecule has 0 aliphatic carbocycles. The molecule has 0 aromatic carbocycles. The van der Waals surface area contributed by atoms with E-state index in [1.165, 1.54) is 6.33 Å². The first-order valence-corrected chi connectivity index (χ1v) is 5.50. The molecular formula is C10H13N5O2. The highest BCUT2D eigenvalue weighted by molar-refractivity contribution is 5.58. The van der Waals surface area contributed by atoms with Crippen molar-refractivity contribution >= 4 is 11.5 Å². The molecule has 1 fully saturated rings. The van der Waals surface area contributed by atoms with E-state index in [2.05, 4.69) is 15.1 Å². The van der Waals surface area contributed by atoms with Crippen LogP contribution < -0.4 is 5.73 Å². The molecule has 1 aliphatic heterocycles. The highest BCUT2D eigenvalue weighted by Gasteiger charge is 2.28. The minimum atomic E-state index is -0.0928. The number of nitrogens with zero attached hydrogens (tertiary/aromatic N) is 4. The van der Waals surface area contributed by atoms with Crippen LogP contribution in [-0.4, -0.2) is 37.4 Å². The second-order valence-corrected chi connectivity index (χ2v) is 4.07. The molecule has 2 aromatic rings. The topological polar surface area (TPSA) is 98.6 Å². The van der Waals surface area contributed by atoms with E-state index >= 15 is 0 Å². The van der Waals surface area contributed by atoms with E-state index in [0.29, 0.717) is 11.5 Å². The fraction of sp³-hybridized carbons (Fsp3) is 0.500. The summed E-state index contributed by atoms with van der Waals surface area (Å²) < 4.78 is 7.34. The maximum Gasteiger partial charge on any atom is 0.196 e. The van der Waals surface area contributed by atoms with Gasteiger partial charge in [-0.05, 0) is 12.8 Å². The van der Waals surface area contributed by atoms with Crippen molar-refractivity contribution in [1.82, 2.24) is 19.6 Å². The van der Waals surface area contributed by atoms with Crippen molar-refractivity contribution in [1.29, 1.82) is 0 Å². The highest BCUT2D eigenvalue weighted by atomic mass is 16.5. The van der Waals surface area contributed by atoms with Crippen LogP contribution in [0.2, 0.25) is 0 Å². The van der Waals surface area contributed by atoms with E-state index in [4.69, 9.17) is 15.6 Å². The Morgan fingerprint density at radius 2 is 2.35 bits per heavy atom. The van der Waals surface area contributed by atoms with Gasteiger partial charge in [0.25, 0.3) is 0 Å². The van der Waals surface area contributed by atoms with Crippen molar-refractivity contribution in [2.75, 3.05) is 12.3 Å². The maximum absolute atomic E-state index is 9.05. The van der Waals surface area contributed by atoms with Crippen LogP contribution in [0.15, 0.2) is 12.5 Å². The Morgan fingerprint density at radius 1 is 1.47 bits per heavy atom. The molecule has 3 rings (SSSR count). The number of aliphatic hydroxyl groups is 1. The van der Waals surface area contributed by atoms with Gasteiger partial charge >= 0.3 is 0 Å². The van der Waals surface area contributed by atoms with Gasteiger partial charge in [0, 0.05) is 0 Å². The molecule has 2 atom stereocenters. The van der Waals surface area contributed by atoms with Crippen LogP contribution in [0.5, 0.6) is 0 Å². The highest BCUT2D eigenvalue weighted by Crippen LogP contribution is 2.32. The summed E-state index contributed by atoms with van der Waals surface area (Å²) >= 11 is 0. The number of nitrogen functional groups attached to an aromatic ring is 1. The Bertz CT molecular complexity index is 540. The zero-order valence-corrected chi connectivity index (χ0v) is 9.15. The van der Waals surface area contributed by atoms with Gasteiger partial charge in [-0.25, -0.2) is 14.5 Å². The van der Waals surface area contributed by atoms with Crippen LogP contribution in [0.25, 0.3) is 5.65 Å². The van der Waals surface area contributed by atoms with Gasteiger partial charge in [-0.1, -0.05) is 0 Å². The number of hydrogen-bond acceptors (Lipinski definition) is 6. The Hall–Kier alpha value is -1.73. The second kappa shape index (κ2) is 3.94. The van der Waals surface area contributed by atoms with Gasteiger partial charge in [-0.3, -0.25) is 0 Å². The Labute approximate surface area is 97.2 Å². The summed E-state index contributed by atoms with van der Waals surface area (Å²) in [5.41, 5.74) is 7.10. The predicted molar refractivity (Wildman–Crippen MR) is 59.1 cm³/mol. The number of fused-ring (bicyclic) bond motifs is 1. The number of hydrogen-bond donors (Lipinski definition) is 2. The molecule has 7 nitrogen and oxygen atoms in total. The monoisotopic (exact) mass is 235 g/mol. The third-order valence-corrected chi connectivity index (χ3v) is 3.00. The van der Waals surface area contributed by atoms with Crippen LogP contribution in [0.4, 0.5) is 5.82 Å². The van der Waals surface area contributed by atoms with Crippen molar-refractivity contribution in [3.05, 3.63) is 18.2 Å². The van der Waals surface area contributed by atoms with Crippen LogP contribution in [-0.2, 0) is 4.74 Å². The maximum atomic E-state index is 9.05. The fourth-order valence-electron chi connectivity index (χ4n) is 2.13. The average molecular weight is 235 g/mol. The van der Waals surface area contributed by atoms with Crippen LogP contribution >= 0.6 is 0 Å². The lowest BCUT2D eigenvalue weighted by atomic mass is 10.1. The van der Waals surface area contributed by atoms with Gasteiger partial charge in [0.1, 0.15) is 12.4 Å². The number of nitrogens with two attached hydrogens (primary N) is 1. The number of anilines is 1. The van der Waals surface area contributed by atoms with E-state index in [1.807, 2.05) is 0 Å². The van der Waals surface area contributed by atoms with Gasteiger partial charge in [0.2, 0.25) is 0 Å². The van der Waals surface area contributed by atoms with E-state index in [-0.39, 0.29) is 18.8 Å². The van der Waals surface area contributed by atoms with Gasteiger partial charge in [-0.15, -0.1) is 0 Å². The number of imidazole rings is 1. The summed E-state index contributed by atoms with van der Waals surface area (Å²) in [4.78, 5) is 8.07. The first kappa shape index (κ1) is 10.4. The minimum Gasteiger partial charge on any atom is -0.394 e. The Balaban J connectivity index is 1.99. The van der Waals surface area contributed by atoms with Gasteiger partial charge in [0.05, 0.1) is 24.6 Å². The molecule has 0 bridgehead atoms.